The van der Waals surface area contributed by atoms with Crippen molar-refractivity contribution in [2.75, 3.05) is 20.1 Å². The zero-order valence-corrected chi connectivity index (χ0v) is 16.0. The third-order valence-electron chi connectivity index (χ3n) is 4.58. The average molecular weight is 389 g/mol. The number of nitrogens with zero attached hydrogens (tertiary/aromatic N) is 2. The summed E-state index contributed by atoms with van der Waals surface area (Å²) in [5.41, 5.74) is 1.29. The Hall–Kier alpha value is -2.29. The van der Waals surface area contributed by atoms with Crippen LogP contribution in [0.1, 0.15) is 28.9 Å². The Kier molecular flexibility index (Phi) is 6.20. The lowest BCUT2D eigenvalue weighted by molar-refractivity contribution is 0.00870. The molecule has 1 aliphatic rings. The summed E-state index contributed by atoms with van der Waals surface area (Å²) in [5, 5.41) is 2.51. The lowest BCUT2D eigenvalue weighted by Crippen LogP contribution is -2.40. The molecule has 1 N–H and O–H groups in total. The third-order valence-corrected chi connectivity index (χ3v) is 6.49. The van der Waals surface area contributed by atoms with Gasteiger partial charge in [0.05, 0.1) is 23.3 Å². The molecule has 8 heteroatoms. The van der Waals surface area contributed by atoms with E-state index in [0.29, 0.717) is 38.1 Å². The normalized spacial score (nSPS) is 16.2. The van der Waals surface area contributed by atoms with Crippen LogP contribution in [-0.2, 0) is 21.4 Å². The quantitative estimate of drug-likeness (QED) is 0.814. The molecule has 2 heterocycles. The summed E-state index contributed by atoms with van der Waals surface area (Å²) in [7, 11) is -2.03. The molecule has 0 unspecified atom stereocenters. The number of carbonyl (C=O) groups excluding carboxylic acids is 1. The van der Waals surface area contributed by atoms with Crippen LogP contribution in [0.2, 0.25) is 0 Å². The van der Waals surface area contributed by atoms with Crippen molar-refractivity contribution in [1.29, 1.82) is 0 Å². The van der Waals surface area contributed by atoms with Gasteiger partial charge >= 0.3 is 0 Å². The molecule has 144 valence electrons. The monoisotopic (exact) mass is 389 g/mol. The Bertz CT molecular complexity index is 862. The highest BCUT2D eigenvalue weighted by molar-refractivity contribution is 7.89. The molecule has 0 radical (unpaired) electrons. The summed E-state index contributed by atoms with van der Waals surface area (Å²) in [6.07, 6.45) is 3.03. The second-order valence-corrected chi connectivity index (χ2v) is 8.28. The van der Waals surface area contributed by atoms with Gasteiger partial charge in [-0.2, -0.15) is 4.31 Å². The van der Waals surface area contributed by atoms with E-state index in [2.05, 4.69) is 10.3 Å². The Morgan fingerprint density at radius 3 is 2.48 bits per heavy atom. The molecule has 27 heavy (non-hydrogen) atoms. The molecule has 7 nitrogen and oxygen atoms in total. The number of hydrogen-bond acceptors (Lipinski definition) is 5. The minimum absolute atomic E-state index is 0.0223. The molecule has 1 amide bonds. The van der Waals surface area contributed by atoms with Crippen LogP contribution in [0.15, 0.2) is 53.6 Å². The third kappa shape index (κ3) is 4.71. The second kappa shape index (κ2) is 8.60. The molecule has 1 aliphatic heterocycles. The van der Waals surface area contributed by atoms with Gasteiger partial charge in [0.1, 0.15) is 0 Å². The molecule has 0 bridgehead atoms. The molecule has 1 aromatic carbocycles. The Morgan fingerprint density at radius 1 is 1.19 bits per heavy atom. The number of benzene rings is 1. The lowest BCUT2D eigenvalue weighted by Gasteiger charge is -2.31. The summed E-state index contributed by atoms with van der Waals surface area (Å²) in [4.78, 5) is 16.0. The highest BCUT2D eigenvalue weighted by Crippen LogP contribution is 2.23. The van der Waals surface area contributed by atoms with E-state index in [-0.39, 0.29) is 16.9 Å². The first kappa shape index (κ1) is 19.5. The maximum absolute atomic E-state index is 12.8. The minimum atomic E-state index is -3.57. The van der Waals surface area contributed by atoms with Gasteiger partial charge in [-0.05, 0) is 49.2 Å². The standard InChI is InChI=1S/C19H23N3O4S/c1-20-19(23)15-5-7-18(8-6-15)27(24,25)22-12-9-17(10-13-22)26-14-16-4-2-3-11-21-16/h2-8,11,17H,9-10,12-14H2,1H3,(H,20,23). The van der Waals surface area contributed by atoms with E-state index in [1.807, 2.05) is 18.2 Å². The van der Waals surface area contributed by atoms with E-state index in [4.69, 9.17) is 4.74 Å². The van der Waals surface area contributed by atoms with E-state index >= 15 is 0 Å². The van der Waals surface area contributed by atoms with Crippen molar-refractivity contribution < 1.29 is 17.9 Å². The van der Waals surface area contributed by atoms with Crippen LogP contribution in [-0.4, -0.2) is 49.9 Å². The molecule has 1 saturated heterocycles. The fourth-order valence-corrected chi connectivity index (χ4v) is 4.47. The predicted octanol–water partition coefficient (Wildman–Crippen LogP) is 1.81. The van der Waals surface area contributed by atoms with Gasteiger partial charge in [0, 0.05) is 31.9 Å². The number of amides is 1. The fourth-order valence-electron chi connectivity index (χ4n) is 3.00. The van der Waals surface area contributed by atoms with Crippen LogP contribution < -0.4 is 5.32 Å². The van der Waals surface area contributed by atoms with Gasteiger partial charge in [-0.15, -0.1) is 0 Å². The summed E-state index contributed by atoms with van der Waals surface area (Å²) >= 11 is 0. The van der Waals surface area contributed by atoms with E-state index in [9.17, 15) is 13.2 Å². The molecule has 3 rings (SSSR count). The Balaban J connectivity index is 1.57. The number of nitrogens with one attached hydrogen (secondary N) is 1. The van der Waals surface area contributed by atoms with Gasteiger partial charge in [-0.3, -0.25) is 9.78 Å². The molecule has 1 aromatic heterocycles. The number of pyridine rings is 1. The fraction of sp³-hybridized carbons (Fsp3) is 0.368. The zero-order valence-electron chi connectivity index (χ0n) is 15.2. The molecule has 0 saturated carbocycles. The average Bonchev–Trinajstić information content (AvgIpc) is 2.73. The Morgan fingerprint density at radius 2 is 1.89 bits per heavy atom. The van der Waals surface area contributed by atoms with Crippen molar-refractivity contribution in [2.45, 2.75) is 30.4 Å². The van der Waals surface area contributed by atoms with Crippen molar-refractivity contribution in [3.05, 3.63) is 59.9 Å². The number of carbonyl (C=O) groups is 1. The van der Waals surface area contributed by atoms with E-state index in [1.165, 1.54) is 35.6 Å². The van der Waals surface area contributed by atoms with Gasteiger partial charge in [0.2, 0.25) is 10.0 Å². The zero-order chi connectivity index (χ0) is 19.3. The number of hydrogen-bond donors (Lipinski definition) is 1. The molecular formula is C19H23N3O4S. The van der Waals surface area contributed by atoms with Crippen molar-refractivity contribution >= 4 is 15.9 Å². The maximum atomic E-state index is 12.8. The van der Waals surface area contributed by atoms with Gasteiger partial charge in [0.15, 0.2) is 0 Å². The minimum Gasteiger partial charge on any atom is -0.372 e. The number of ether oxygens (including phenoxy) is 1. The smallest absolute Gasteiger partial charge is 0.251 e. The van der Waals surface area contributed by atoms with Crippen molar-refractivity contribution in [3.8, 4) is 0 Å². The molecule has 0 atom stereocenters. The molecule has 0 spiro atoms. The highest BCUT2D eigenvalue weighted by atomic mass is 32.2. The summed E-state index contributed by atoms with van der Waals surface area (Å²) in [6.45, 7) is 1.25. The van der Waals surface area contributed by atoms with E-state index < -0.39 is 10.0 Å². The van der Waals surface area contributed by atoms with Crippen molar-refractivity contribution in [2.24, 2.45) is 0 Å². The summed E-state index contributed by atoms with van der Waals surface area (Å²) in [6, 6.07) is 11.7. The van der Waals surface area contributed by atoms with Gasteiger partial charge in [0.25, 0.3) is 5.91 Å². The van der Waals surface area contributed by atoms with Crippen LogP contribution in [0.25, 0.3) is 0 Å². The second-order valence-electron chi connectivity index (χ2n) is 6.34. The number of sulfonamides is 1. The van der Waals surface area contributed by atoms with Crippen molar-refractivity contribution in [3.63, 3.8) is 0 Å². The Labute approximate surface area is 159 Å². The van der Waals surface area contributed by atoms with E-state index in [0.717, 1.165) is 5.69 Å². The number of rotatable bonds is 6. The SMILES string of the molecule is CNC(=O)c1ccc(S(=O)(=O)N2CCC(OCc3ccccn3)CC2)cc1. The molecule has 0 aliphatic carbocycles. The van der Waals surface area contributed by atoms with E-state index in [1.54, 1.807) is 6.20 Å². The van der Waals surface area contributed by atoms with Crippen LogP contribution in [0, 0.1) is 0 Å². The van der Waals surface area contributed by atoms with Gasteiger partial charge in [-0.25, -0.2) is 8.42 Å². The first-order chi connectivity index (χ1) is 13.0. The number of piperidine rings is 1. The topological polar surface area (TPSA) is 88.6 Å². The molecule has 1 fully saturated rings. The first-order valence-electron chi connectivity index (χ1n) is 8.84. The maximum Gasteiger partial charge on any atom is 0.251 e. The lowest BCUT2D eigenvalue weighted by atomic mass is 10.1. The van der Waals surface area contributed by atoms with Crippen LogP contribution in [0.4, 0.5) is 0 Å². The van der Waals surface area contributed by atoms with Gasteiger partial charge in [-0.1, -0.05) is 6.07 Å². The molecular weight excluding hydrogens is 366 g/mol. The first-order valence-corrected chi connectivity index (χ1v) is 10.3. The van der Waals surface area contributed by atoms with Crippen molar-refractivity contribution in [1.82, 2.24) is 14.6 Å². The van der Waals surface area contributed by atoms with Crippen LogP contribution in [0.3, 0.4) is 0 Å². The van der Waals surface area contributed by atoms with Crippen LogP contribution >= 0.6 is 0 Å². The summed E-state index contributed by atoms with van der Waals surface area (Å²) in [5.74, 6) is -0.246. The predicted molar refractivity (Wildman–Crippen MR) is 101 cm³/mol. The van der Waals surface area contributed by atoms with Gasteiger partial charge < -0.3 is 10.1 Å². The number of aromatic nitrogens is 1. The molecule has 2 aromatic rings. The summed E-state index contributed by atoms with van der Waals surface area (Å²) < 4.78 is 32.9. The van der Waals surface area contributed by atoms with Crippen LogP contribution in [0.5, 0.6) is 0 Å². The highest BCUT2D eigenvalue weighted by Gasteiger charge is 2.29. The largest absolute Gasteiger partial charge is 0.372 e.